The normalized spacial score (nSPS) is 16.8. The topological polar surface area (TPSA) is 95.4 Å². The van der Waals surface area contributed by atoms with Crippen molar-refractivity contribution < 1.29 is 8.42 Å². The highest BCUT2D eigenvalue weighted by Gasteiger charge is 2.35. The van der Waals surface area contributed by atoms with Gasteiger partial charge >= 0.3 is 0 Å². The van der Waals surface area contributed by atoms with Crippen LogP contribution in [0.3, 0.4) is 0 Å². The van der Waals surface area contributed by atoms with Crippen LogP contribution >= 0.6 is 0 Å². The summed E-state index contributed by atoms with van der Waals surface area (Å²) in [7, 11) is 0.996. The number of hydrogen-bond acceptors (Lipinski definition) is 7. The lowest BCUT2D eigenvalue weighted by Gasteiger charge is -2.36. The Morgan fingerprint density at radius 1 is 0.921 bits per heavy atom. The zero-order chi connectivity index (χ0) is 26.3. The van der Waals surface area contributed by atoms with Crippen LogP contribution < -0.4 is 14.9 Å². The minimum Gasteiger partial charge on any atom is -0.371 e. The number of aromatic nitrogens is 3. The van der Waals surface area contributed by atoms with E-state index in [9.17, 15) is 8.42 Å². The lowest BCUT2D eigenvalue weighted by Crippen LogP contribution is -2.41. The fourth-order valence-electron chi connectivity index (χ4n) is 5.06. The molecule has 0 spiro atoms. The van der Waals surface area contributed by atoms with Crippen LogP contribution in [0, 0.1) is 0 Å². The summed E-state index contributed by atoms with van der Waals surface area (Å²) in [5.41, 5.74) is 4.27. The average Bonchev–Trinajstić information content (AvgIpc) is 3.70. The molecule has 38 heavy (non-hydrogen) atoms. The van der Waals surface area contributed by atoms with E-state index in [0.717, 1.165) is 48.3 Å². The van der Waals surface area contributed by atoms with E-state index in [2.05, 4.69) is 63.2 Å². The first-order valence-electron chi connectivity index (χ1n) is 13.1. The van der Waals surface area contributed by atoms with Crippen molar-refractivity contribution in [3.63, 3.8) is 0 Å². The Balaban J connectivity index is 1.18. The second-order valence-corrected chi connectivity index (χ2v) is 12.4. The highest BCUT2D eigenvalue weighted by Crippen LogP contribution is 2.31. The SMILES string of the molecule is CN(C)C1CCN(c2ccc(Nc3ncc4ccn(-c5cccc(NS(=O)(=O)C6CC6)c5)c4n3)cc2)CC1. The first-order valence-corrected chi connectivity index (χ1v) is 14.6. The lowest BCUT2D eigenvalue weighted by atomic mass is 10.0. The van der Waals surface area contributed by atoms with Gasteiger partial charge in [0.2, 0.25) is 16.0 Å². The largest absolute Gasteiger partial charge is 0.371 e. The fourth-order valence-corrected chi connectivity index (χ4v) is 6.44. The Morgan fingerprint density at radius 3 is 2.39 bits per heavy atom. The first-order chi connectivity index (χ1) is 18.4. The van der Waals surface area contributed by atoms with Crippen LogP contribution in [0.2, 0.25) is 0 Å². The third kappa shape index (κ3) is 5.19. The Hall–Kier alpha value is -3.63. The Bertz CT molecular complexity index is 1540. The maximum atomic E-state index is 12.4. The number of anilines is 4. The number of fused-ring (bicyclic) bond motifs is 1. The quantitative estimate of drug-likeness (QED) is 0.343. The molecule has 2 aromatic carbocycles. The van der Waals surface area contributed by atoms with E-state index in [1.54, 1.807) is 12.3 Å². The van der Waals surface area contributed by atoms with Gasteiger partial charge in [-0.1, -0.05) is 6.07 Å². The molecule has 10 heteroatoms. The van der Waals surface area contributed by atoms with Crippen LogP contribution in [0.1, 0.15) is 25.7 Å². The molecule has 9 nitrogen and oxygen atoms in total. The molecule has 0 radical (unpaired) electrons. The maximum Gasteiger partial charge on any atom is 0.235 e. The van der Waals surface area contributed by atoms with E-state index in [-0.39, 0.29) is 5.25 Å². The van der Waals surface area contributed by atoms with Crippen molar-refractivity contribution in [3.05, 3.63) is 67.0 Å². The monoisotopic (exact) mass is 531 g/mol. The second-order valence-electron chi connectivity index (χ2n) is 10.4. The number of rotatable bonds is 8. The summed E-state index contributed by atoms with van der Waals surface area (Å²) >= 11 is 0. The van der Waals surface area contributed by atoms with Gasteiger partial charge in [-0.3, -0.25) is 4.72 Å². The van der Waals surface area contributed by atoms with Gasteiger partial charge in [-0.25, -0.2) is 13.4 Å². The molecule has 4 aromatic rings. The molecule has 2 N–H and O–H groups in total. The summed E-state index contributed by atoms with van der Waals surface area (Å²) in [6.45, 7) is 2.13. The Morgan fingerprint density at radius 2 is 1.68 bits per heavy atom. The van der Waals surface area contributed by atoms with E-state index in [1.165, 1.54) is 18.5 Å². The summed E-state index contributed by atoms with van der Waals surface area (Å²) in [4.78, 5) is 14.0. The Labute approximate surface area is 223 Å². The Kier molecular flexibility index (Phi) is 6.45. The van der Waals surface area contributed by atoms with E-state index in [0.29, 0.717) is 17.7 Å². The first kappa shape index (κ1) is 24.7. The van der Waals surface area contributed by atoms with Crippen molar-refractivity contribution in [2.45, 2.75) is 37.0 Å². The highest BCUT2D eigenvalue weighted by molar-refractivity contribution is 7.93. The fraction of sp³-hybridized carbons (Fsp3) is 0.357. The van der Waals surface area contributed by atoms with Crippen molar-refractivity contribution in [2.24, 2.45) is 0 Å². The predicted molar refractivity (Wildman–Crippen MR) is 153 cm³/mol. The summed E-state index contributed by atoms with van der Waals surface area (Å²) in [5, 5.41) is 3.95. The molecule has 0 atom stereocenters. The van der Waals surface area contributed by atoms with Crippen LogP contribution in [0.5, 0.6) is 0 Å². The van der Waals surface area contributed by atoms with E-state index < -0.39 is 10.0 Å². The second kappa shape index (κ2) is 9.92. The van der Waals surface area contributed by atoms with Crippen LogP contribution in [-0.2, 0) is 10.0 Å². The van der Waals surface area contributed by atoms with Gasteiger partial charge in [-0.05, 0) is 88.3 Å². The number of hydrogen-bond donors (Lipinski definition) is 2. The van der Waals surface area contributed by atoms with Gasteiger partial charge < -0.3 is 19.7 Å². The lowest BCUT2D eigenvalue weighted by molar-refractivity contribution is 0.249. The molecule has 2 fully saturated rings. The van der Waals surface area contributed by atoms with Crippen LogP contribution in [0.4, 0.5) is 23.0 Å². The average molecular weight is 532 g/mol. The summed E-state index contributed by atoms with van der Waals surface area (Å²) in [6.07, 6.45) is 7.52. The molecule has 1 saturated carbocycles. The third-order valence-corrected chi connectivity index (χ3v) is 9.33. The molecule has 1 aliphatic heterocycles. The van der Waals surface area contributed by atoms with Crippen LogP contribution in [0.15, 0.2) is 67.0 Å². The molecule has 0 unspecified atom stereocenters. The third-order valence-electron chi connectivity index (χ3n) is 7.46. The smallest absolute Gasteiger partial charge is 0.235 e. The minimum absolute atomic E-state index is 0.274. The number of nitrogens with one attached hydrogen (secondary N) is 2. The molecule has 2 aliphatic rings. The molecular weight excluding hydrogens is 498 g/mol. The van der Waals surface area contributed by atoms with Gasteiger partial charge in [0.05, 0.1) is 10.9 Å². The summed E-state index contributed by atoms with van der Waals surface area (Å²) < 4.78 is 29.4. The molecule has 2 aromatic heterocycles. The zero-order valence-corrected chi connectivity index (χ0v) is 22.5. The van der Waals surface area contributed by atoms with Gasteiger partial charge in [0.15, 0.2) is 0 Å². The van der Waals surface area contributed by atoms with Gasteiger partial charge in [-0.15, -0.1) is 0 Å². The van der Waals surface area contributed by atoms with Crippen molar-refractivity contribution in [1.82, 2.24) is 19.4 Å². The van der Waals surface area contributed by atoms with E-state index in [1.807, 2.05) is 35.0 Å². The highest BCUT2D eigenvalue weighted by atomic mass is 32.2. The number of sulfonamides is 1. The molecule has 0 amide bonds. The van der Waals surface area contributed by atoms with Gasteiger partial charge in [-0.2, -0.15) is 4.98 Å². The van der Waals surface area contributed by atoms with Crippen LogP contribution in [-0.4, -0.2) is 66.3 Å². The van der Waals surface area contributed by atoms with E-state index >= 15 is 0 Å². The van der Waals surface area contributed by atoms with Crippen LogP contribution in [0.25, 0.3) is 16.7 Å². The molecule has 1 saturated heterocycles. The van der Waals surface area contributed by atoms with Gasteiger partial charge in [0.25, 0.3) is 0 Å². The molecule has 6 rings (SSSR count). The predicted octanol–water partition coefficient (Wildman–Crippen LogP) is 4.60. The van der Waals surface area contributed by atoms with Crippen molar-refractivity contribution in [2.75, 3.05) is 42.1 Å². The molecule has 3 heterocycles. The zero-order valence-electron chi connectivity index (χ0n) is 21.7. The maximum absolute atomic E-state index is 12.4. The number of piperidine rings is 1. The molecule has 0 bridgehead atoms. The molecular formula is C28H33N7O2S. The van der Waals surface area contributed by atoms with Crippen molar-refractivity contribution in [1.29, 1.82) is 0 Å². The summed E-state index contributed by atoms with van der Waals surface area (Å²) in [6, 6.07) is 18.4. The number of benzene rings is 2. The molecule has 198 valence electrons. The van der Waals surface area contributed by atoms with Crippen molar-refractivity contribution >= 4 is 44.1 Å². The summed E-state index contributed by atoms with van der Waals surface area (Å²) in [5.74, 6) is 0.502. The van der Waals surface area contributed by atoms with Gasteiger partial charge in [0, 0.05) is 54.0 Å². The molecule has 1 aliphatic carbocycles. The van der Waals surface area contributed by atoms with Gasteiger partial charge in [0.1, 0.15) is 5.65 Å². The minimum atomic E-state index is -3.33. The number of nitrogens with zero attached hydrogens (tertiary/aromatic N) is 5. The van der Waals surface area contributed by atoms with E-state index in [4.69, 9.17) is 4.98 Å². The standard InChI is InChI=1S/C28H33N7O2S/c1-33(2)23-13-15-34(16-14-23)24-8-6-21(7-9-24)30-28-29-19-20-12-17-35(27(20)31-28)25-5-3-4-22(18-25)32-38(36,37)26-10-11-26/h3-9,12,17-19,23,26,32H,10-11,13-16H2,1-2H3,(H,29,30,31). The van der Waals surface area contributed by atoms with Crippen molar-refractivity contribution in [3.8, 4) is 5.69 Å².